The Morgan fingerprint density at radius 2 is 1.79 bits per heavy atom. The van der Waals surface area contributed by atoms with Crippen molar-refractivity contribution in [2.75, 3.05) is 13.3 Å². The van der Waals surface area contributed by atoms with Gasteiger partial charge in [0.2, 0.25) is 12.6 Å². The number of carbonyl (C=O) groups is 3. The lowest BCUT2D eigenvalue weighted by molar-refractivity contribution is -0.173. The Hall–Kier alpha value is -4.56. The lowest BCUT2D eigenvalue weighted by Gasteiger charge is -2.24. The zero-order valence-corrected chi connectivity index (χ0v) is 23.9. The monoisotopic (exact) mass is 631 g/mol. The molecule has 0 bridgehead atoms. The summed E-state index contributed by atoms with van der Waals surface area (Å²) >= 11 is 12.0. The molecule has 1 aromatic heterocycles. The SMILES string of the molecule is CC(=O)OCOC(=O)C(O)CN(Cc1ccc(-c2cc(Cl)ccc2F)cc1)NC(=O)c1nn(-c2cccc(Cl)c2)c(=O)[nH]1. The Kier molecular flexibility index (Phi) is 10.3. The van der Waals surface area contributed by atoms with Gasteiger partial charge in [-0.15, -0.1) is 5.10 Å². The Bertz CT molecular complexity index is 1690. The van der Waals surface area contributed by atoms with Crippen molar-refractivity contribution in [1.82, 2.24) is 25.2 Å². The number of amides is 1. The van der Waals surface area contributed by atoms with E-state index < -0.39 is 48.8 Å². The highest BCUT2D eigenvalue weighted by atomic mass is 35.5. The number of ether oxygens (including phenoxy) is 2. The van der Waals surface area contributed by atoms with Crippen LogP contribution in [0.5, 0.6) is 0 Å². The summed E-state index contributed by atoms with van der Waals surface area (Å²) < 4.78 is 24.5. The van der Waals surface area contributed by atoms with Crippen LogP contribution in [0.4, 0.5) is 4.39 Å². The summed E-state index contributed by atoms with van der Waals surface area (Å²) in [5.74, 6) is -3.51. The number of nitrogens with zero attached hydrogens (tertiary/aromatic N) is 3. The van der Waals surface area contributed by atoms with E-state index >= 15 is 0 Å². The lowest BCUT2D eigenvalue weighted by Crippen LogP contribution is -2.48. The lowest BCUT2D eigenvalue weighted by atomic mass is 10.0. The van der Waals surface area contributed by atoms with Crippen LogP contribution in [0.3, 0.4) is 0 Å². The molecule has 43 heavy (non-hydrogen) atoms. The van der Waals surface area contributed by atoms with Crippen LogP contribution in [0.25, 0.3) is 16.8 Å². The zero-order valence-electron chi connectivity index (χ0n) is 22.4. The molecule has 4 rings (SSSR count). The average Bonchev–Trinajstić information content (AvgIpc) is 3.36. The predicted molar refractivity (Wildman–Crippen MR) is 153 cm³/mol. The summed E-state index contributed by atoms with van der Waals surface area (Å²) in [7, 11) is 0. The Morgan fingerprint density at radius 1 is 1.07 bits per heavy atom. The maximum Gasteiger partial charge on any atom is 0.348 e. The Balaban J connectivity index is 1.53. The molecular weight excluding hydrogens is 608 g/mol. The van der Waals surface area contributed by atoms with Crippen LogP contribution in [-0.4, -0.2) is 62.2 Å². The fourth-order valence-corrected chi connectivity index (χ4v) is 4.19. The third-order valence-corrected chi connectivity index (χ3v) is 6.31. The second-order valence-corrected chi connectivity index (χ2v) is 9.92. The van der Waals surface area contributed by atoms with E-state index in [1.165, 1.54) is 29.3 Å². The number of H-pyrrole nitrogens is 1. The number of nitrogens with one attached hydrogen (secondary N) is 2. The molecule has 0 saturated carbocycles. The van der Waals surface area contributed by atoms with E-state index in [1.807, 2.05) is 0 Å². The van der Waals surface area contributed by atoms with Gasteiger partial charge in [0.25, 0.3) is 0 Å². The fraction of sp³-hybridized carbons (Fsp3) is 0.179. The van der Waals surface area contributed by atoms with Crippen LogP contribution in [0, 0.1) is 5.82 Å². The molecule has 0 spiro atoms. The van der Waals surface area contributed by atoms with E-state index in [0.29, 0.717) is 26.9 Å². The van der Waals surface area contributed by atoms with Crippen LogP contribution in [0.1, 0.15) is 23.1 Å². The number of aliphatic hydroxyl groups is 1. The molecule has 0 radical (unpaired) electrons. The highest BCUT2D eigenvalue weighted by Gasteiger charge is 2.24. The predicted octanol–water partition coefficient (Wildman–Crippen LogP) is 3.25. The molecule has 0 aliphatic heterocycles. The quantitative estimate of drug-likeness (QED) is 0.128. The molecule has 15 heteroatoms. The first-order valence-corrected chi connectivity index (χ1v) is 13.3. The van der Waals surface area contributed by atoms with Crippen molar-refractivity contribution in [1.29, 1.82) is 0 Å². The number of hydrogen-bond acceptors (Lipinski definition) is 9. The third-order valence-electron chi connectivity index (χ3n) is 5.84. The fourth-order valence-electron chi connectivity index (χ4n) is 3.83. The highest BCUT2D eigenvalue weighted by molar-refractivity contribution is 6.31. The third kappa shape index (κ3) is 8.49. The van der Waals surface area contributed by atoms with Gasteiger partial charge in [-0.2, -0.15) is 4.68 Å². The molecule has 3 aromatic carbocycles. The van der Waals surface area contributed by atoms with Gasteiger partial charge in [0.05, 0.1) is 12.2 Å². The van der Waals surface area contributed by atoms with Gasteiger partial charge in [0.15, 0.2) is 6.10 Å². The Morgan fingerprint density at radius 3 is 2.49 bits per heavy atom. The molecule has 1 amide bonds. The van der Waals surface area contributed by atoms with E-state index in [0.717, 1.165) is 11.6 Å². The normalized spacial score (nSPS) is 11.7. The molecule has 4 aromatic rings. The number of hydrogen-bond donors (Lipinski definition) is 3. The summed E-state index contributed by atoms with van der Waals surface area (Å²) in [6.45, 7) is -0.126. The number of aliphatic hydroxyl groups excluding tert-OH is 1. The van der Waals surface area contributed by atoms with Gasteiger partial charge < -0.3 is 14.6 Å². The second kappa shape index (κ2) is 14.1. The number of aromatic nitrogens is 3. The molecule has 0 fully saturated rings. The highest BCUT2D eigenvalue weighted by Crippen LogP contribution is 2.26. The first-order chi connectivity index (χ1) is 20.5. The van der Waals surface area contributed by atoms with Crippen molar-refractivity contribution >= 4 is 41.0 Å². The first kappa shape index (κ1) is 31.4. The molecule has 0 saturated heterocycles. The molecular formula is C28H24Cl2FN5O7. The summed E-state index contributed by atoms with van der Waals surface area (Å²) in [5.41, 5.74) is 3.51. The van der Waals surface area contributed by atoms with Crippen LogP contribution in [0.15, 0.2) is 71.5 Å². The molecule has 0 aliphatic carbocycles. The van der Waals surface area contributed by atoms with E-state index in [2.05, 4.69) is 20.2 Å². The van der Waals surface area contributed by atoms with Gasteiger partial charge in [-0.1, -0.05) is 53.5 Å². The molecule has 224 valence electrons. The number of halogens is 3. The zero-order chi connectivity index (χ0) is 31.1. The number of carbonyl (C=O) groups excluding carboxylic acids is 3. The van der Waals surface area contributed by atoms with Crippen LogP contribution < -0.4 is 11.1 Å². The first-order valence-electron chi connectivity index (χ1n) is 12.5. The van der Waals surface area contributed by atoms with Gasteiger partial charge in [-0.3, -0.25) is 20.0 Å². The minimum atomic E-state index is -1.78. The Labute approximate surface area is 253 Å². The van der Waals surface area contributed by atoms with Crippen molar-refractivity contribution in [3.63, 3.8) is 0 Å². The van der Waals surface area contributed by atoms with Crippen molar-refractivity contribution in [3.8, 4) is 16.8 Å². The van der Waals surface area contributed by atoms with Gasteiger partial charge in [0.1, 0.15) is 5.82 Å². The minimum Gasteiger partial charge on any atom is -0.428 e. The molecule has 1 heterocycles. The maximum absolute atomic E-state index is 14.3. The van der Waals surface area contributed by atoms with Crippen LogP contribution >= 0.6 is 23.2 Å². The number of aromatic amines is 1. The van der Waals surface area contributed by atoms with Gasteiger partial charge >= 0.3 is 23.5 Å². The topological polar surface area (TPSA) is 156 Å². The van der Waals surface area contributed by atoms with E-state index in [-0.39, 0.29) is 17.9 Å². The minimum absolute atomic E-state index is 0.0580. The van der Waals surface area contributed by atoms with Crippen LogP contribution in [-0.2, 0) is 25.6 Å². The van der Waals surface area contributed by atoms with Gasteiger partial charge in [-0.25, -0.2) is 19.0 Å². The number of esters is 2. The number of benzene rings is 3. The number of hydrazine groups is 1. The largest absolute Gasteiger partial charge is 0.428 e. The van der Waals surface area contributed by atoms with Gasteiger partial charge in [0, 0.05) is 29.1 Å². The van der Waals surface area contributed by atoms with E-state index in [9.17, 15) is 28.7 Å². The summed E-state index contributed by atoms with van der Waals surface area (Å²) in [6, 6.07) is 17.0. The van der Waals surface area contributed by atoms with Crippen molar-refractivity contribution in [2.45, 2.75) is 19.6 Å². The van der Waals surface area contributed by atoms with E-state index in [1.54, 1.807) is 42.5 Å². The summed E-state index contributed by atoms with van der Waals surface area (Å²) in [4.78, 5) is 51.1. The average molecular weight is 632 g/mol. The maximum atomic E-state index is 14.3. The van der Waals surface area contributed by atoms with E-state index in [4.69, 9.17) is 27.9 Å². The second-order valence-electron chi connectivity index (χ2n) is 9.05. The number of rotatable bonds is 11. The standard InChI is InChI=1S/C28H24Cl2FN5O7/c1-16(37)42-15-43-27(40)24(38)14-35(13-17-5-7-18(8-6-17)22-12-20(30)9-10-23(22)31)34-26(39)25-32-28(41)36(33-25)21-4-2-3-19(29)11-21/h2-12,24,38H,13-15H2,1H3,(H,34,39)(H,32,33,41). The smallest absolute Gasteiger partial charge is 0.348 e. The summed E-state index contributed by atoms with van der Waals surface area (Å²) in [6.07, 6.45) is -1.78. The van der Waals surface area contributed by atoms with Crippen molar-refractivity contribution in [2.24, 2.45) is 0 Å². The molecule has 3 N–H and O–H groups in total. The van der Waals surface area contributed by atoms with Gasteiger partial charge in [-0.05, 0) is 47.5 Å². The molecule has 0 aliphatic rings. The summed E-state index contributed by atoms with van der Waals surface area (Å²) in [5, 5.41) is 16.3. The molecule has 1 atom stereocenters. The van der Waals surface area contributed by atoms with Crippen molar-refractivity contribution in [3.05, 3.63) is 104 Å². The molecule has 12 nitrogen and oxygen atoms in total. The molecule has 1 unspecified atom stereocenters. The van der Waals surface area contributed by atoms with Crippen LogP contribution in [0.2, 0.25) is 10.0 Å². The van der Waals surface area contributed by atoms with Crippen molar-refractivity contribution < 1.29 is 33.4 Å².